The van der Waals surface area contributed by atoms with Gasteiger partial charge in [0.25, 0.3) is 5.91 Å². The lowest BCUT2D eigenvalue weighted by atomic mass is 9.96. The lowest BCUT2D eigenvalue weighted by Gasteiger charge is -2.27. The van der Waals surface area contributed by atoms with Crippen molar-refractivity contribution < 1.29 is 32.2 Å². The zero-order valence-corrected chi connectivity index (χ0v) is 20.4. The third kappa shape index (κ3) is 6.14. The van der Waals surface area contributed by atoms with Crippen molar-refractivity contribution in [2.24, 2.45) is 0 Å². The molecule has 2 aromatic carbocycles. The van der Waals surface area contributed by atoms with Crippen LogP contribution in [0.2, 0.25) is 0 Å². The lowest BCUT2D eigenvalue weighted by Crippen LogP contribution is -2.59. The first-order chi connectivity index (χ1) is 18.1. The number of nitrogens with zero attached hydrogens (tertiary/aromatic N) is 1. The number of benzene rings is 2. The van der Waals surface area contributed by atoms with Crippen molar-refractivity contribution in [1.29, 1.82) is 0 Å². The molecule has 0 radical (unpaired) electrons. The molecule has 12 heteroatoms. The minimum Gasteiger partial charge on any atom is -0.497 e. The van der Waals surface area contributed by atoms with Crippen molar-refractivity contribution in [2.75, 3.05) is 31.4 Å². The Morgan fingerprint density at radius 1 is 1.13 bits per heavy atom. The van der Waals surface area contributed by atoms with E-state index < -0.39 is 29.1 Å². The van der Waals surface area contributed by atoms with Crippen LogP contribution in [0.1, 0.15) is 27.9 Å². The molecule has 1 aliphatic heterocycles. The summed E-state index contributed by atoms with van der Waals surface area (Å²) in [5.41, 5.74) is 5.14. The van der Waals surface area contributed by atoms with Crippen molar-refractivity contribution in [3.8, 4) is 5.75 Å². The molecule has 1 aliphatic rings. The van der Waals surface area contributed by atoms with Gasteiger partial charge in [-0.2, -0.15) is 13.2 Å². The number of ether oxygens (including phenoxy) is 2. The van der Waals surface area contributed by atoms with Crippen molar-refractivity contribution in [3.63, 3.8) is 0 Å². The van der Waals surface area contributed by atoms with Crippen LogP contribution in [-0.2, 0) is 22.3 Å². The van der Waals surface area contributed by atoms with E-state index in [-0.39, 0.29) is 36.6 Å². The Hall–Kier alpha value is -4.32. The number of anilines is 3. The summed E-state index contributed by atoms with van der Waals surface area (Å²) < 4.78 is 50.8. The molecule has 0 aliphatic carbocycles. The minimum atomic E-state index is -4.57. The van der Waals surface area contributed by atoms with Gasteiger partial charge in [-0.3, -0.25) is 14.6 Å². The van der Waals surface area contributed by atoms with Crippen LogP contribution in [0.3, 0.4) is 0 Å². The van der Waals surface area contributed by atoms with E-state index in [1.54, 1.807) is 24.3 Å². The quantitative estimate of drug-likeness (QED) is 0.351. The summed E-state index contributed by atoms with van der Waals surface area (Å²) in [6.07, 6.45) is -1.52. The number of nitrogen functional groups attached to an aromatic ring is 1. The Balaban J connectivity index is 1.40. The van der Waals surface area contributed by atoms with Crippen molar-refractivity contribution in [1.82, 2.24) is 15.6 Å². The van der Waals surface area contributed by atoms with Crippen molar-refractivity contribution >= 4 is 28.9 Å². The van der Waals surface area contributed by atoms with Crippen molar-refractivity contribution in [3.05, 3.63) is 77.6 Å². The molecule has 2 heterocycles. The number of carbonyl (C=O) groups is 2. The molecule has 3 aromatic rings. The zero-order chi connectivity index (χ0) is 27.3. The number of aromatic nitrogens is 1. The Labute approximate surface area is 216 Å². The third-order valence-corrected chi connectivity index (χ3v) is 6.05. The number of carbonyl (C=O) groups excluding carboxylic acids is 2. The average Bonchev–Trinajstić information content (AvgIpc) is 3.37. The highest BCUT2D eigenvalue weighted by atomic mass is 19.4. The Morgan fingerprint density at radius 3 is 2.53 bits per heavy atom. The second kappa shape index (κ2) is 11.0. The summed E-state index contributed by atoms with van der Waals surface area (Å²) >= 11 is 0. The van der Waals surface area contributed by atoms with Crippen molar-refractivity contribution in [2.45, 2.75) is 24.7 Å². The van der Waals surface area contributed by atoms with Crippen LogP contribution in [0, 0.1) is 0 Å². The van der Waals surface area contributed by atoms with E-state index in [9.17, 15) is 22.8 Å². The van der Waals surface area contributed by atoms with Crippen LogP contribution < -0.4 is 26.4 Å². The van der Waals surface area contributed by atoms with E-state index in [0.29, 0.717) is 23.5 Å². The third-order valence-electron chi connectivity index (χ3n) is 6.05. The molecule has 0 spiro atoms. The van der Waals surface area contributed by atoms with Gasteiger partial charge >= 0.3 is 6.18 Å². The summed E-state index contributed by atoms with van der Waals surface area (Å²) in [6, 6.07) is 11.7. The van der Waals surface area contributed by atoms with Crippen LogP contribution >= 0.6 is 0 Å². The number of rotatable bonds is 8. The van der Waals surface area contributed by atoms with Crippen LogP contribution in [0.4, 0.5) is 30.2 Å². The predicted molar refractivity (Wildman–Crippen MR) is 134 cm³/mol. The van der Waals surface area contributed by atoms with E-state index in [2.05, 4.69) is 20.9 Å². The first-order valence-corrected chi connectivity index (χ1v) is 11.6. The standard InChI is InChI=1S/C26H26F3N5O4/c1-37-20-6-7-22(21(11-20)26(27,28)29)33-19-4-2-16(3-5-19)12-32-24(36)25(8-9-38-15-25)34-23(35)17-10-18(30)14-31-13-17/h2-7,10-11,13-14,33H,8-9,12,15,30H2,1H3,(H,32,36)(H,34,35). The molecule has 5 N–H and O–H groups in total. The molecule has 1 atom stereocenters. The van der Waals surface area contributed by atoms with E-state index in [0.717, 1.165) is 6.07 Å². The Bertz CT molecular complexity index is 1310. The van der Waals surface area contributed by atoms with Gasteiger partial charge in [-0.1, -0.05) is 12.1 Å². The molecular formula is C26H26F3N5O4. The molecule has 4 rings (SSSR count). The Kier molecular flexibility index (Phi) is 7.72. The van der Waals surface area contributed by atoms with E-state index in [1.807, 2.05) is 0 Å². The highest BCUT2D eigenvalue weighted by Gasteiger charge is 2.43. The maximum absolute atomic E-state index is 13.5. The summed E-state index contributed by atoms with van der Waals surface area (Å²) in [4.78, 5) is 29.7. The highest BCUT2D eigenvalue weighted by Crippen LogP contribution is 2.38. The number of halogens is 3. The molecule has 2 amide bonds. The second-order valence-electron chi connectivity index (χ2n) is 8.76. The fourth-order valence-electron chi connectivity index (χ4n) is 3.98. The van der Waals surface area contributed by atoms with Gasteiger partial charge in [0, 0.05) is 37.7 Å². The van der Waals surface area contributed by atoms with Gasteiger partial charge in [0.05, 0.1) is 36.2 Å². The highest BCUT2D eigenvalue weighted by molar-refractivity contribution is 5.99. The monoisotopic (exact) mass is 529 g/mol. The summed E-state index contributed by atoms with van der Waals surface area (Å²) in [5.74, 6) is -0.826. The number of hydrogen-bond donors (Lipinski definition) is 4. The zero-order valence-electron chi connectivity index (χ0n) is 20.4. The average molecular weight is 530 g/mol. The summed E-state index contributed by atoms with van der Waals surface area (Å²) in [7, 11) is 1.30. The predicted octanol–water partition coefficient (Wildman–Crippen LogP) is 3.64. The molecular weight excluding hydrogens is 503 g/mol. The molecule has 1 saturated heterocycles. The fourth-order valence-corrected chi connectivity index (χ4v) is 3.98. The van der Waals surface area contributed by atoms with E-state index in [1.165, 1.54) is 37.7 Å². The largest absolute Gasteiger partial charge is 0.497 e. The molecule has 200 valence electrons. The summed E-state index contributed by atoms with van der Waals surface area (Å²) in [6.45, 7) is 0.438. The molecule has 9 nitrogen and oxygen atoms in total. The van der Waals surface area contributed by atoms with Crippen LogP contribution in [0.15, 0.2) is 60.9 Å². The molecule has 0 bridgehead atoms. The van der Waals surface area contributed by atoms with Gasteiger partial charge in [0.2, 0.25) is 5.91 Å². The SMILES string of the molecule is COc1ccc(Nc2ccc(CNC(=O)C3(NC(=O)c4cncc(N)c4)CCOC3)cc2)c(C(F)(F)F)c1. The van der Waals surface area contributed by atoms with Gasteiger partial charge in [-0.25, -0.2) is 0 Å². The van der Waals surface area contributed by atoms with Crippen LogP contribution in [0.5, 0.6) is 5.75 Å². The topological polar surface area (TPSA) is 128 Å². The molecule has 38 heavy (non-hydrogen) atoms. The van der Waals surface area contributed by atoms with Crippen LogP contribution in [0.25, 0.3) is 0 Å². The molecule has 0 saturated carbocycles. The van der Waals surface area contributed by atoms with Gasteiger partial charge < -0.3 is 31.2 Å². The number of nitrogens with one attached hydrogen (secondary N) is 3. The minimum absolute atomic E-state index is 0.00652. The van der Waals surface area contributed by atoms with Crippen LogP contribution in [-0.4, -0.2) is 42.7 Å². The normalized spacial score (nSPS) is 17.1. The maximum atomic E-state index is 13.5. The van der Waals surface area contributed by atoms with E-state index >= 15 is 0 Å². The number of amides is 2. The maximum Gasteiger partial charge on any atom is 0.418 e. The van der Waals surface area contributed by atoms with Gasteiger partial charge in [-0.15, -0.1) is 0 Å². The number of alkyl halides is 3. The first-order valence-electron chi connectivity index (χ1n) is 11.6. The lowest BCUT2D eigenvalue weighted by molar-refractivity contribution is -0.137. The van der Waals surface area contributed by atoms with Gasteiger partial charge in [-0.05, 0) is 42.0 Å². The number of methoxy groups -OCH3 is 1. The second-order valence-corrected chi connectivity index (χ2v) is 8.76. The number of hydrogen-bond acceptors (Lipinski definition) is 7. The number of nitrogens with two attached hydrogens (primary N) is 1. The number of pyridine rings is 1. The van der Waals surface area contributed by atoms with Gasteiger partial charge in [0.1, 0.15) is 11.3 Å². The molecule has 1 aromatic heterocycles. The molecule has 1 unspecified atom stereocenters. The van der Waals surface area contributed by atoms with Gasteiger partial charge in [0.15, 0.2) is 0 Å². The molecule has 1 fully saturated rings. The first kappa shape index (κ1) is 26.7. The smallest absolute Gasteiger partial charge is 0.418 e. The summed E-state index contributed by atoms with van der Waals surface area (Å²) in [5, 5.41) is 8.33. The fraction of sp³-hybridized carbons (Fsp3) is 0.269. The van der Waals surface area contributed by atoms with E-state index in [4.69, 9.17) is 15.2 Å². The Morgan fingerprint density at radius 2 is 1.89 bits per heavy atom.